The van der Waals surface area contributed by atoms with Crippen molar-refractivity contribution < 1.29 is 14.6 Å². The Morgan fingerprint density at radius 1 is 1.40 bits per heavy atom. The van der Waals surface area contributed by atoms with E-state index in [1.54, 1.807) is 19.4 Å². The van der Waals surface area contributed by atoms with E-state index in [0.717, 1.165) is 25.9 Å². The first-order valence-corrected chi connectivity index (χ1v) is 6.60. The number of carbonyl (C=O) groups is 1. The lowest BCUT2D eigenvalue weighted by molar-refractivity contribution is 0.0952. The third-order valence-electron chi connectivity index (χ3n) is 2.62. The molecule has 1 heterocycles. The fraction of sp³-hybridized carbons (Fsp3) is 0.467. The van der Waals surface area contributed by atoms with Crippen LogP contribution in [0.25, 0.3) is 0 Å². The van der Waals surface area contributed by atoms with Crippen LogP contribution in [0.15, 0.2) is 18.5 Å². The van der Waals surface area contributed by atoms with Crippen molar-refractivity contribution in [1.29, 1.82) is 0 Å². The number of hydrogen-bond donors (Lipinski definition) is 2. The molecule has 0 bridgehead atoms. The molecule has 1 aromatic rings. The minimum Gasteiger partial charge on any atom is -0.385 e. The van der Waals surface area contributed by atoms with Crippen molar-refractivity contribution in [3.63, 3.8) is 0 Å². The summed E-state index contributed by atoms with van der Waals surface area (Å²) in [6.45, 7) is 1.18. The fourth-order valence-electron chi connectivity index (χ4n) is 1.63. The highest BCUT2D eigenvalue weighted by molar-refractivity contribution is 5.94. The largest absolute Gasteiger partial charge is 0.385 e. The van der Waals surface area contributed by atoms with Gasteiger partial charge in [-0.15, -0.1) is 0 Å². The number of aromatic nitrogens is 1. The van der Waals surface area contributed by atoms with Gasteiger partial charge >= 0.3 is 0 Å². The van der Waals surface area contributed by atoms with Crippen molar-refractivity contribution in [2.45, 2.75) is 19.3 Å². The van der Waals surface area contributed by atoms with Gasteiger partial charge in [0, 0.05) is 38.2 Å². The molecule has 1 rings (SSSR count). The van der Waals surface area contributed by atoms with E-state index >= 15 is 0 Å². The van der Waals surface area contributed by atoms with E-state index in [9.17, 15) is 4.79 Å². The van der Waals surface area contributed by atoms with Crippen LogP contribution in [-0.4, -0.2) is 42.9 Å². The van der Waals surface area contributed by atoms with Gasteiger partial charge in [-0.25, -0.2) is 0 Å². The summed E-state index contributed by atoms with van der Waals surface area (Å²) in [6, 6.07) is 1.66. The second kappa shape index (κ2) is 9.96. The normalized spacial score (nSPS) is 9.70. The Labute approximate surface area is 119 Å². The minimum atomic E-state index is -0.210. The second-order valence-electron chi connectivity index (χ2n) is 4.23. The summed E-state index contributed by atoms with van der Waals surface area (Å²) < 4.78 is 4.96. The maximum absolute atomic E-state index is 11.9. The van der Waals surface area contributed by atoms with Gasteiger partial charge < -0.3 is 15.2 Å². The van der Waals surface area contributed by atoms with Crippen LogP contribution >= 0.6 is 0 Å². The molecule has 5 nitrogen and oxygen atoms in total. The third kappa shape index (κ3) is 6.32. The van der Waals surface area contributed by atoms with Crippen molar-refractivity contribution in [3.05, 3.63) is 29.6 Å². The molecule has 0 aliphatic rings. The second-order valence-corrected chi connectivity index (χ2v) is 4.23. The predicted molar refractivity (Wildman–Crippen MR) is 76.3 cm³/mol. The van der Waals surface area contributed by atoms with Crippen molar-refractivity contribution in [3.8, 4) is 11.8 Å². The SMILES string of the molecule is COCCCCCNC(=O)c1cncc(C#CCO)c1. The number of aliphatic hydroxyl groups is 1. The Balaban J connectivity index is 2.39. The summed E-state index contributed by atoms with van der Waals surface area (Å²) in [5.74, 6) is 5.09. The number of hydrogen-bond acceptors (Lipinski definition) is 4. The summed E-state index contributed by atoms with van der Waals surface area (Å²) >= 11 is 0. The summed E-state index contributed by atoms with van der Waals surface area (Å²) in [7, 11) is 1.68. The molecular formula is C15H20N2O3. The predicted octanol–water partition coefficient (Wildman–Crippen LogP) is 0.972. The number of aliphatic hydroxyl groups excluding tert-OH is 1. The van der Waals surface area contributed by atoms with Gasteiger partial charge in [-0.05, 0) is 25.3 Å². The maximum atomic E-state index is 11.9. The number of nitrogens with one attached hydrogen (secondary N) is 1. The highest BCUT2D eigenvalue weighted by Gasteiger charge is 2.05. The molecule has 5 heteroatoms. The molecule has 1 amide bonds. The van der Waals surface area contributed by atoms with Gasteiger partial charge in [0.25, 0.3) is 5.91 Å². The highest BCUT2D eigenvalue weighted by atomic mass is 16.5. The Bertz CT molecular complexity index is 477. The Hall–Kier alpha value is -1.90. The van der Waals surface area contributed by atoms with Crippen LogP contribution < -0.4 is 5.32 Å². The molecule has 1 aromatic heterocycles. The van der Waals surface area contributed by atoms with Gasteiger partial charge in [0.05, 0.1) is 5.56 Å². The van der Waals surface area contributed by atoms with Crippen molar-refractivity contribution >= 4 is 5.91 Å². The number of ether oxygens (including phenoxy) is 1. The van der Waals surface area contributed by atoms with Gasteiger partial charge in [-0.3, -0.25) is 9.78 Å². The van der Waals surface area contributed by atoms with E-state index in [1.165, 1.54) is 6.20 Å². The lowest BCUT2D eigenvalue weighted by atomic mass is 10.2. The van der Waals surface area contributed by atoms with Crippen LogP contribution in [0.5, 0.6) is 0 Å². The molecule has 0 aromatic carbocycles. The van der Waals surface area contributed by atoms with Gasteiger partial charge in [0.15, 0.2) is 0 Å². The van der Waals surface area contributed by atoms with Crippen molar-refractivity contribution in [1.82, 2.24) is 10.3 Å². The van der Waals surface area contributed by atoms with Crippen LogP contribution in [0, 0.1) is 11.8 Å². The van der Waals surface area contributed by atoms with Crippen LogP contribution in [0.2, 0.25) is 0 Å². The number of amides is 1. The molecule has 0 saturated heterocycles. The Kier molecular flexibility index (Phi) is 8.04. The first-order valence-electron chi connectivity index (χ1n) is 6.60. The molecule has 0 unspecified atom stereocenters. The van der Waals surface area contributed by atoms with E-state index in [0.29, 0.717) is 17.7 Å². The number of carbonyl (C=O) groups excluding carboxylic acids is 1. The molecule has 0 spiro atoms. The van der Waals surface area contributed by atoms with Gasteiger partial charge in [0.2, 0.25) is 0 Å². The summed E-state index contributed by atoms with van der Waals surface area (Å²) in [4.78, 5) is 15.9. The summed E-state index contributed by atoms with van der Waals surface area (Å²) in [5, 5.41) is 11.5. The van der Waals surface area contributed by atoms with Crippen molar-refractivity contribution in [2.75, 3.05) is 26.9 Å². The molecule has 20 heavy (non-hydrogen) atoms. The average molecular weight is 276 g/mol. The number of methoxy groups -OCH3 is 1. The van der Waals surface area contributed by atoms with Gasteiger partial charge in [-0.1, -0.05) is 11.8 Å². The van der Waals surface area contributed by atoms with Gasteiger partial charge in [0.1, 0.15) is 6.61 Å². The number of unbranched alkanes of at least 4 members (excludes halogenated alkanes) is 2. The topological polar surface area (TPSA) is 71.5 Å². The van der Waals surface area contributed by atoms with Crippen LogP contribution in [0.1, 0.15) is 35.2 Å². The molecule has 2 N–H and O–H groups in total. The highest BCUT2D eigenvalue weighted by Crippen LogP contribution is 2.02. The molecule has 108 valence electrons. The van der Waals surface area contributed by atoms with E-state index in [-0.39, 0.29) is 12.5 Å². The van der Waals surface area contributed by atoms with E-state index in [1.807, 2.05) is 0 Å². The Morgan fingerprint density at radius 2 is 2.25 bits per heavy atom. The first-order chi connectivity index (χ1) is 9.77. The zero-order valence-electron chi connectivity index (χ0n) is 11.7. The van der Waals surface area contributed by atoms with Crippen molar-refractivity contribution in [2.24, 2.45) is 0 Å². The average Bonchev–Trinajstić information content (AvgIpc) is 2.48. The van der Waals surface area contributed by atoms with Crippen LogP contribution in [0.3, 0.4) is 0 Å². The first kappa shape index (κ1) is 16.2. The Morgan fingerprint density at radius 3 is 3.00 bits per heavy atom. The lowest BCUT2D eigenvalue weighted by Crippen LogP contribution is -2.24. The zero-order chi connectivity index (χ0) is 14.6. The molecule has 0 saturated carbocycles. The summed E-state index contributed by atoms with van der Waals surface area (Å²) in [5.41, 5.74) is 1.10. The fourth-order valence-corrected chi connectivity index (χ4v) is 1.63. The van der Waals surface area contributed by atoms with Crippen LogP contribution in [-0.2, 0) is 4.74 Å². The summed E-state index contributed by atoms with van der Waals surface area (Å²) in [6.07, 6.45) is 6.01. The third-order valence-corrected chi connectivity index (χ3v) is 2.62. The lowest BCUT2D eigenvalue weighted by Gasteiger charge is -2.05. The van der Waals surface area contributed by atoms with Gasteiger partial charge in [-0.2, -0.15) is 0 Å². The molecule has 0 radical (unpaired) electrons. The number of rotatable bonds is 7. The molecule has 0 fully saturated rings. The van der Waals surface area contributed by atoms with E-state index in [2.05, 4.69) is 22.1 Å². The quantitative estimate of drug-likeness (QED) is 0.575. The minimum absolute atomic E-state index is 0.156. The molecule has 0 atom stereocenters. The van der Waals surface area contributed by atoms with E-state index < -0.39 is 0 Å². The monoisotopic (exact) mass is 276 g/mol. The number of pyridine rings is 1. The molecule has 0 aliphatic carbocycles. The molecule has 0 aliphatic heterocycles. The van der Waals surface area contributed by atoms with Crippen LogP contribution in [0.4, 0.5) is 0 Å². The standard InChI is InChI=1S/C15H20N2O3/c1-20-9-4-2-3-7-17-15(19)14-10-13(6-5-8-18)11-16-12-14/h10-12,18H,2-4,7-9H2,1H3,(H,17,19). The molecular weight excluding hydrogens is 256 g/mol. The zero-order valence-corrected chi connectivity index (χ0v) is 11.7. The maximum Gasteiger partial charge on any atom is 0.252 e. The smallest absolute Gasteiger partial charge is 0.252 e. The number of nitrogens with zero attached hydrogens (tertiary/aromatic N) is 1. The van der Waals surface area contributed by atoms with E-state index in [4.69, 9.17) is 9.84 Å².